The van der Waals surface area contributed by atoms with Crippen molar-refractivity contribution in [2.75, 3.05) is 29.4 Å². The Labute approximate surface area is 263 Å². The number of ketones is 1. The number of rotatable bonds is 2. The standard InChI is InChI=1S/C36H30N6O4/c1-17-11-22-20-8-10-41(30(20)6-3-25(22)37-17)34(45)28-13-24-33(39-28)31(44)14-32-36(24)15-19(36)16-42(32)35(46)27-12-23-21-7-9-40(18(2)43)29(21)5-4-26(23)38-27/h3-6,11-14,19,37-39H,7-10,15-16H2,1-2H3. The molecule has 3 aliphatic heterocycles. The van der Waals surface area contributed by atoms with Crippen LogP contribution < -0.4 is 9.80 Å². The summed E-state index contributed by atoms with van der Waals surface area (Å²) in [6.07, 6.45) is 3.95. The summed E-state index contributed by atoms with van der Waals surface area (Å²) < 4.78 is 0. The number of anilines is 2. The molecule has 0 bridgehead atoms. The Kier molecular flexibility index (Phi) is 4.76. The van der Waals surface area contributed by atoms with E-state index in [0.717, 1.165) is 80.5 Å². The van der Waals surface area contributed by atoms with Gasteiger partial charge >= 0.3 is 0 Å². The largest absolute Gasteiger partial charge is 0.359 e. The lowest BCUT2D eigenvalue weighted by atomic mass is 9.85. The van der Waals surface area contributed by atoms with Crippen molar-refractivity contribution in [1.82, 2.24) is 19.9 Å². The van der Waals surface area contributed by atoms with Gasteiger partial charge in [0, 0.05) is 82.6 Å². The summed E-state index contributed by atoms with van der Waals surface area (Å²) in [6.45, 7) is 5.33. The highest BCUT2D eigenvalue weighted by Crippen LogP contribution is 2.67. The second kappa shape index (κ2) is 8.45. The minimum absolute atomic E-state index is 0.00729. The molecule has 2 aromatic carbocycles. The smallest absolute Gasteiger partial charge is 0.274 e. The Morgan fingerprint density at radius 2 is 1.46 bits per heavy atom. The third-order valence-corrected chi connectivity index (χ3v) is 11.1. The van der Waals surface area contributed by atoms with Crippen molar-refractivity contribution in [3.8, 4) is 0 Å². The van der Waals surface area contributed by atoms with Gasteiger partial charge in [0.05, 0.1) is 5.69 Å². The number of H-pyrrole nitrogens is 3. The summed E-state index contributed by atoms with van der Waals surface area (Å²) in [6, 6.07) is 13.8. The highest BCUT2D eigenvalue weighted by atomic mass is 16.2. The van der Waals surface area contributed by atoms with Gasteiger partial charge in [-0.15, -0.1) is 0 Å². The normalized spacial score (nSPS) is 22.2. The second-order valence-electron chi connectivity index (χ2n) is 13.5. The molecule has 5 aliphatic rings. The minimum Gasteiger partial charge on any atom is -0.359 e. The number of piperidine rings is 1. The zero-order valence-corrected chi connectivity index (χ0v) is 25.4. The van der Waals surface area contributed by atoms with E-state index in [-0.39, 0.29) is 29.4 Å². The molecule has 6 heterocycles. The van der Waals surface area contributed by atoms with Gasteiger partial charge in [0.1, 0.15) is 11.4 Å². The van der Waals surface area contributed by atoms with E-state index in [1.165, 1.54) is 0 Å². The molecule has 1 saturated heterocycles. The maximum atomic E-state index is 14.0. The van der Waals surface area contributed by atoms with Gasteiger partial charge < -0.3 is 29.7 Å². The lowest BCUT2D eigenvalue weighted by molar-refractivity contribution is -0.116. The predicted octanol–water partition coefficient (Wildman–Crippen LogP) is 4.89. The van der Waals surface area contributed by atoms with Crippen molar-refractivity contribution in [2.45, 2.75) is 38.5 Å². The molecule has 2 unspecified atom stereocenters. The quantitative estimate of drug-likeness (QED) is 0.263. The molecular formula is C36H30N6O4. The van der Waals surface area contributed by atoms with Crippen LogP contribution in [0.2, 0.25) is 0 Å². The predicted molar refractivity (Wildman–Crippen MR) is 172 cm³/mol. The molecule has 2 fully saturated rings. The Hall–Kier alpha value is -5.38. The zero-order chi connectivity index (χ0) is 31.2. The Morgan fingerprint density at radius 3 is 2.22 bits per heavy atom. The fraction of sp³-hybridized carbons (Fsp3) is 0.278. The molecule has 46 heavy (non-hydrogen) atoms. The van der Waals surface area contributed by atoms with Crippen LogP contribution >= 0.6 is 0 Å². The number of benzene rings is 2. The second-order valence-corrected chi connectivity index (χ2v) is 13.5. The first-order valence-electron chi connectivity index (χ1n) is 15.9. The Balaban J connectivity index is 0.967. The number of aryl methyl sites for hydroxylation is 1. The van der Waals surface area contributed by atoms with E-state index in [9.17, 15) is 19.2 Å². The summed E-state index contributed by atoms with van der Waals surface area (Å²) >= 11 is 0. The van der Waals surface area contributed by atoms with Crippen LogP contribution in [-0.2, 0) is 23.1 Å². The lowest BCUT2D eigenvalue weighted by Crippen LogP contribution is -2.33. The van der Waals surface area contributed by atoms with Crippen LogP contribution in [0, 0.1) is 12.8 Å². The van der Waals surface area contributed by atoms with E-state index in [4.69, 9.17) is 0 Å². The molecule has 2 atom stereocenters. The van der Waals surface area contributed by atoms with Gasteiger partial charge in [-0.2, -0.15) is 0 Å². The molecule has 228 valence electrons. The number of likely N-dealkylation sites (tertiary alicyclic amines) is 1. The average Bonchev–Trinajstić information content (AvgIpc) is 3.74. The van der Waals surface area contributed by atoms with Crippen LogP contribution in [0.25, 0.3) is 21.8 Å². The number of aromatic amines is 3. The molecule has 10 rings (SSSR count). The van der Waals surface area contributed by atoms with Crippen LogP contribution in [0.5, 0.6) is 0 Å². The van der Waals surface area contributed by atoms with Crippen LogP contribution in [0.3, 0.4) is 0 Å². The van der Waals surface area contributed by atoms with Gasteiger partial charge in [0.25, 0.3) is 11.8 Å². The number of carbonyl (C=O) groups excluding carboxylic acids is 4. The van der Waals surface area contributed by atoms with E-state index in [1.807, 2.05) is 48.2 Å². The van der Waals surface area contributed by atoms with Crippen molar-refractivity contribution in [3.05, 3.63) is 93.7 Å². The highest BCUT2D eigenvalue weighted by molar-refractivity contribution is 6.13. The number of nitrogens with one attached hydrogen (secondary N) is 3. The first kappa shape index (κ1) is 25.9. The zero-order valence-electron chi connectivity index (χ0n) is 25.4. The number of amides is 3. The average molecular weight is 611 g/mol. The van der Waals surface area contributed by atoms with Crippen molar-refractivity contribution < 1.29 is 19.2 Å². The van der Waals surface area contributed by atoms with Gasteiger partial charge in [-0.1, -0.05) is 0 Å². The summed E-state index contributed by atoms with van der Waals surface area (Å²) in [5, 5.41) is 2.09. The van der Waals surface area contributed by atoms with Crippen molar-refractivity contribution >= 4 is 56.7 Å². The third kappa shape index (κ3) is 3.16. The van der Waals surface area contributed by atoms with E-state index >= 15 is 0 Å². The number of aromatic nitrogens is 3. The number of hydrogen-bond donors (Lipinski definition) is 3. The van der Waals surface area contributed by atoms with E-state index in [1.54, 1.807) is 22.8 Å². The summed E-state index contributed by atoms with van der Waals surface area (Å²) in [4.78, 5) is 68.8. The Bertz CT molecular complexity index is 2320. The first-order valence-corrected chi connectivity index (χ1v) is 15.9. The molecule has 1 saturated carbocycles. The lowest BCUT2D eigenvalue weighted by Gasteiger charge is -2.27. The van der Waals surface area contributed by atoms with Gasteiger partial charge in [-0.25, -0.2) is 0 Å². The maximum absolute atomic E-state index is 14.0. The van der Waals surface area contributed by atoms with Gasteiger partial charge in [-0.05, 0) is 91.3 Å². The molecule has 10 heteroatoms. The fourth-order valence-corrected chi connectivity index (χ4v) is 8.91. The van der Waals surface area contributed by atoms with Crippen LogP contribution in [0.4, 0.5) is 11.4 Å². The highest BCUT2D eigenvalue weighted by Gasteiger charge is 2.68. The summed E-state index contributed by atoms with van der Waals surface area (Å²) in [5.41, 5.74) is 9.48. The molecule has 10 nitrogen and oxygen atoms in total. The molecule has 5 aromatic rings. The van der Waals surface area contributed by atoms with E-state index < -0.39 is 5.41 Å². The first-order chi connectivity index (χ1) is 22.2. The van der Waals surface area contributed by atoms with Gasteiger partial charge in [0.2, 0.25) is 11.7 Å². The number of allylic oxidation sites excluding steroid dienone is 2. The molecule has 1 spiro atoms. The molecule has 3 N–H and O–H groups in total. The number of hydrogen-bond acceptors (Lipinski definition) is 4. The van der Waals surface area contributed by atoms with E-state index in [2.05, 4.69) is 21.0 Å². The molecule has 2 aliphatic carbocycles. The molecular weight excluding hydrogens is 580 g/mol. The number of carbonyl (C=O) groups is 4. The van der Waals surface area contributed by atoms with Crippen LogP contribution in [0.1, 0.15) is 67.2 Å². The Morgan fingerprint density at radius 1 is 0.804 bits per heavy atom. The van der Waals surface area contributed by atoms with Crippen molar-refractivity contribution in [1.29, 1.82) is 0 Å². The van der Waals surface area contributed by atoms with Crippen molar-refractivity contribution in [3.63, 3.8) is 0 Å². The SMILES string of the molecule is CC(=O)N1CCc2c1ccc1[nH]c(C(=O)N3CC4CC45C3=CC(=O)c3[nH]c(C(=O)N4CCc6c4ccc4[nH]c(C)cc64)cc35)cc21. The van der Waals surface area contributed by atoms with Crippen molar-refractivity contribution in [2.24, 2.45) is 5.92 Å². The van der Waals surface area contributed by atoms with Crippen LogP contribution in [0.15, 0.2) is 54.2 Å². The molecule has 0 radical (unpaired) electrons. The fourth-order valence-electron chi connectivity index (χ4n) is 8.91. The topological polar surface area (TPSA) is 125 Å². The summed E-state index contributed by atoms with van der Waals surface area (Å²) in [7, 11) is 0. The summed E-state index contributed by atoms with van der Waals surface area (Å²) in [5.74, 6) is -0.350. The van der Waals surface area contributed by atoms with Gasteiger partial charge in [0.15, 0.2) is 0 Å². The van der Waals surface area contributed by atoms with Gasteiger partial charge in [-0.3, -0.25) is 19.2 Å². The van der Waals surface area contributed by atoms with Crippen LogP contribution in [-0.4, -0.2) is 63.0 Å². The van der Waals surface area contributed by atoms with E-state index in [0.29, 0.717) is 36.7 Å². The maximum Gasteiger partial charge on any atom is 0.274 e. The monoisotopic (exact) mass is 610 g/mol. The third-order valence-electron chi connectivity index (χ3n) is 11.1. The molecule has 3 aromatic heterocycles. The number of fused-ring (bicyclic) bond motifs is 7. The minimum atomic E-state index is -0.444. The molecule has 3 amide bonds. The number of nitrogens with zero attached hydrogens (tertiary/aromatic N) is 3.